The summed E-state index contributed by atoms with van der Waals surface area (Å²) >= 11 is 0. The zero-order chi connectivity index (χ0) is 21.8. The van der Waals surface area contributed by atoms with Gasteiger partial charge in [0.2, 0.25) is 0 Å². The van der Waals surface area contributed by atoms with E-state index >= 15 is 0 Å². The van der Waals surface area contributed by atoms with Crippen molar-refractivity contribution >= 4 is 51.2 Å². The molecule has 0 N–H and O–H groups in total. The third-order valence-corrected chi connectivity index (χ3v) is 6.40. The fourth-order valence-electron chi connectivity index (χ4n) is 4.98. The Kier molecular flexibility index (Phi) is 4.22. The molecule has 2 heteroatoms. The Hall–Kier alpha value is -3.78. The van der Waals surface area contributed by atoms with Gasteiger partial charge in [0.05, 0.1) is 12.3 Å². The van der Waals surface area contributed by atoms with E-state index in [1.165, 1.54) is 27.3 Å². The molecule has 1 aliphatic heterocycles. The van der Waals surface area contributed by atoms with Crippen LogP contribution in [0.3, 0.4) is 0 Å². The summed E-state index contributed by atoms with van der Waals surface area (Å²) in [6.45, 7) is 8.99. The smallest absolute Gasteiger partial charge is 0.278 e. The molecule has 156 valence electrons. The second-order valence-corrected chi connectivity index (χ2v) is 9.08. The Bertz CT molecular complexity index is 1550. The van der Waals surface area contributed by atoms with Gasteiger partial charge in [-0.3, -0.25) is 4.42 Å². The van der Waals surface area contributed by atoms with Gasteiger partial charge >= 0.3 is 0 Å². The van der Waals surface area contributed by atoms with E-state index in [9.17, 15) is 0 Å². The first-order chi connectivity index (χ1) is 15.6. The lowest BCUT2D eigenvalue weighted by Crippen LogP contribution is -2.16. The third-order valence-electron chi connectivity index (χ3n) is 6.40. The van der Waals surface area contributed by atoms with Gasteiger partial charge in [-0.1, -0.05) is 68.0 Å². The highest BCUT2D eigenvalue weighted by Crippen LogP contribution is 2.41. The molecule has 0 unspecified atom stereocenters. The molecule has 0 fully saturated rings. The molecule has 0 bridgehead atoms. The molecule has 1 aliphatic rings. The number of hydrogen-bond acceptors (Lipinski definition) is 0. The molecule has 0 saturated carbocycles. The topological polar surface area (TPSA) is 14.3 Å². The van der Waals surface area contributed by atoms with Crippen LogP contribution in [0.1, 0.15) is 30.5 Å². The highest BCUT2D eigenvalue weighted by Gasteiger charge is 2.28. The summed E-state index contributed by atoms with van der Waals surface area (Å²) in [4.78, 5) is 0. The number of nitrogens with zero attached hydrogens (tertiary/aromatic N) is 1. The van der Waals surface area contributed by atoms with Gasteiger partial charge in [-0.15, -0.1) is 18.2 Å². The maximum atomic E-state index is 6.39. The van der Waals surface area contributed by atoms with Crippen molar-refractivity contribution in [2.24, 2.45) is 5.92 Å². The normalized spacial score (nSPS) is 13.6. The Labute approximate surface area is 188 Å². The SMILES string of the molecule is C=[N+]1c2ccc3ccccc3c2C=C[C-]1c1cc(CC(C)C)cc2c1[o+][c-]1ccccc21. The molecule has 0 amide bonds. The standard InChI is InChI=1S/C30H25NO/c1-19(2)16-20-17-25-24-10-6-7-11-29(24)32-30(25)26(18-20)28-15-13-23-22-9-5-4-8-21(22)12-14-27(23)31(28)3/h4-15,17-19H,3,16H2,1-2H3. The van der Waals surface area contributed by atoms with Crippen molar-refractivity contribution in [2.75, 3.05) is 0 Å². The van der Waals surface area contributed by atoms with Gasteiger partial charge in [0.25, 0.3) is 11.2 Å². The molecule has 0 aliphatic carbocycles. The first kappa shape index (κ1) is 18.9. The van der Waals surface area contributed by atoms with E-state index in [2.05, 4.69) is 98.0 Å². The zero-order valence-electron chi connectivity index (χ0n) is 18.4. The van der Waals surface area contributed by atoms with E-state index in [1.807, 2.05) is 12.1 Å². The second kappa shape index (κ2) is 7.13. The number of benzene rings is 4. The van der Waals surface area contributed by atoms with Gasteiger partial charge in [-0.2, -0.15) is 0 Å². The van der Waals surface area contributed by atoms with E-state index in [0.717, 1.165) is 40.3 Å². The lowest BCUT2D eigenvalue weighted by atomic mass is 9.91. The van der Waals surface area contributed by atoms with E-state index in [4.69, 9.17) is 4.42 Å². The Morgan fingerprint density at radius 2 is 1.81 bits per heavy atom. The van der Waals surface area contributed by atoms with Crippen molar-refractivity contribution in [1.29, 1.82) is 0 Å². The van der Waals surface area contributed by atoms with Crippen LogP contribution >= 0.6 is 0 Å². The van der Waals surface area contributed by atoms with Crippen molar-refractivity contribution in [2.45, 2.75) is 20.3 Å². The maximum absolute atomic E-state index is 6.39. The van der Waals surface area contributed by atoms with Crippen LogP contribution < -0.4 is 0 Å². The minimum atomic E-state index is 0.577. The van der Waals surface area contributed by atoms with E-state index in [-0.39, 0.29) is 0 Å². The van der Waals surface area contributed by atoms with Gasteiger partial charge in [0.15, 0.2) is 11.7 Å². The van der Waals surface area contributed by atoms with Gasteiger partial charge < -0.3 is 0 Å². The number of para-hydroxylation sites is 1. The van der Waals surface area contributed by atoms with Gasteiger partial charge in [0.1, 0.15) is 0 Å². The number of hydrogen-bond donors (Lipinski definition) is 0. The quantitative estimate of drug-likeness (QED) is 0.166. The summed E-state index contributed by atoms with van der Waals surface area (Å²) < 4.78 is 8.45. The summed E-state index contributed by atoms with van der Waals surface area (Å²) in [5.41, 5.74) is 6.59. The predicted octanol–water partition coefficient (Wildman–Crippen LogP) is 7.89. The van der Waals surface area contributed by atoms with Crippen LogP contribution in [0.4, 0.5) is 5.69 Å². The average molecular weight is 416 g/mol. The Morgan fingerprint density at radius 3 is 2.69 bits per heavy atom. The van der Waals surface area contributed by atoms with E-state index < -0.39 is 0 Å². The number of rotatable bonds is 3. The number of fused-ring (bicyclic) bond motifs is 6. The summed E-state index contributed by atoms with van der Waals surface area (Å²) in [6, 6.07) is 26.8. The zero-order valence-corrected chi connectivity index (χ0v) is 18.4. The van der Waals surface area contributed by atoms with Crippen molar-refractivity contribution in [3.63, 3.8) is 0 Å². The van der Waals surface area contributed by atoms with E-state index in [0.29, 0.717) is 5.92 Å². The fraction of sp³-hybridized carbons (Fsp3) is 0.133. The lowest BCUT2D eigenvalue weighted by molar-refractivity contribution is -0.400. The average Bonchev–Trinajstić information content (AvgIpc) is 3.17. The van der Waals surface area contributed by atoms with Crippen molar-refractivity contribution in [1.82, 2.24) is 0 Å². The molecule has 2 heterocycles. The molecule has 5 aromatic rings. The largest absolute Gasteiger partial charge is 0.286 e. The van der Waals surface area contributed by atoms with Crippen molar-refractivity contribution in [3.8, 4) is 0 Å². The molecule has 0 radical (unpaired) electrons. The molecule has 6 rings (SSSR count). The highest BCUT2D eigenvalue weighted by atomic mass is 16.3. The molecule has 0 atom stereocenters. The first-order valence-corrected chi connectivity index (χ1v) is 11.2. The Balaban J connectivity index is 1.57. The molecule has 0 saturated heterocycles. The van der Waals surface area contributed by atoms with Crippen molar-refractivity contribution in [3.05, 3.63) is 102 Å². The highest BCUT2D eigenvalue weighted by molar-refractivity contribution is 6.07. The summed E-state index contributed by atoms with van der Waals surface area (Å²) in [7, 11) is 0. The predicted molar refractivity (Wildman–Crippen MR) is 135 cm³/mol. The lowest BCUT2D eigenvalue weighted by Gasteiger charge is -2.23. The van der Waals surface area contributed by atoms with Gasteiger partial charge in [0, 0.05) is 0 Å². The maximum Gasteiger partial charge on any atom is 0.278 e. The van der Waals surface area contributed by atoms with Gasteiger partial charge in [-0.25, -0.2) is 4.58 Å². The van der Waals surface area contributed by atoms with E-state index in [1.54, 1.807) is 0 Å². The van der Waals surface area contributed by atoms with Crippen LogP contribution in [0.15, 0.2) is 83.3 Å². The van der Waals surface area contributed by atoms with Crippen LogP contribution in [-0.4, -0.2) is 11.3 Å². The van der Waals surface area contributed by atoms with Crippen molar-refractivity contribution < 1.29 is 8.99 Å². The molecule has 0 spiro atoms. The fourth-order valence-corrected chi connectivity index (χ4v) is 4.98. The second-order valence-electron chi connectivity index (χ2n) is 9.08. The van der Waals surface area contributed by atoms with Crippen LogP contribution in [-0.2, 0) is 6.42 Å². The molecule has 32 heavy (non-hydrogen) atoms. The summed E-state index contributed by atoms with van der Waals surface area (Å²) in [6.07, 6.45) is 5.43. The molecular weight excluding hydrogens is 390 g/mol. The van der Waals surface area contributed by atoms with Crippen LogP contribution in [0.25, 0.3) is 38.8 Å². The molecule has 4 aromatic carbocycles. The first-order valence-electron chi connectivity index (χ1n) is 11.2. The molecular formula is C30H25NO. The van der Waals surface area contributed by atoms with Crippen LogP contribution in [0.5, 0.6) is 0 Å². The van der Waals surface area contributed by atoms with Crippen LogP contribution in [0, 0.1) is 12.0 Å². The molecule has 1 aromatic heterocycles. The van der Waals surface area contributed by atoms with Gasteiger partial charge in [-0.05, 0) is 57.7 Å². The number of furan rings is 1. The molecule has 2 nitrogen and oxygen atoms in total. The summed E-state index contributed by atoms with van der Waals surface area (Å²) in [5.74, 6) is 0.577. The minimum absolute atomic E-state index is 0.577. The summed E-state index contributed by atoms with van der Waals surface area (Å²) in [5, 5.41) is 4.83. The third kappa shape index (κ3) is 2.87. The monoisotopic (exact) mass is 415 g/mol. The van der Waals surface area contributed by atoms with Crippen LogP contribution in [0.2, 0.25) is 0 Å². The Morgan fingerprint density at radius 1 is 0.969 bits per heavy atom. The minimum Gasteiger partial charge on any atom is -0.286 e.